The second-order valence-corrected chi connectivity index (χ2v) is 0. The Hall–Kier alpha value is 3.02. The van der Waals surface area contributed by atoms with E-state index in [1.54, 1.807) is 0 Å². The summed E-state index contributed by atoms with van der Waals surface area (Å²) >= 11 is 0. The van der Waals surface area contributed by atoms with E-state index in [2.05, 4.69) is 0 Å². The van der Waals surface area contributed by atoms with Gasteiger partial charge in [0.1, 0.15) is 0 Å². The fourth-order valence-electron chi connectivity index (χ4n) is 0. The average Bonchev–Trinajstić information content (AvgIpc) is 0. The molecule has 0 aromatic carbocycles. The van der Waals surface area contributed by atoms with E-state index in [0.717, 1.165) is 0 Å². The second-order valence-electron chi connectivity index (χ2n) is 0. The maximum absolute atomic E-state index is 0. The Morgan fingerprint density at radius 1 is 0.833 bits per heavy atom. The van der Waals surface area contributed by atoms with Gasteiger partial charge in [-0.15, -0.1) is 12.4 Å². The van der Waals surface area contributed by atoms with Crippen molar-refractivity contribution < 1.29 is 9.41 Å². The van der Waals surface area contributed by atoms with Gasteiger partial charge in [-0.2, -0.15) is 0 Å². The van der Waals surface area contributed by atoms with Gasteiger partial charge in [-0.1, -0.05) is 0 Å². The van der Waals surface area contributed by atoms with Crippen molar-refractivity contribution in [2.24, 2.45) is 0 Å². The molecule has 0 nitrogen and oxygen atoms in total. The molecule has 0 aromatic heterocycles. The average molecular weight is 272 g/mol. The van der Waals surface area contributed by atoms with Gasteiger partial charge < -0.3 is 0 Å². The molecule has 0 rings (SSSR count). The molecular weight excluding hydrogens is 262 g/mol. The third-order valence-electron chi connectivity index (χ3n) is 0. The molecule has 0 aromatic rings. The SMILES string of the molecule is Cl.F.F.[AlH3].[BaH2].[MgH2]. The van der Waals surface area contributed by atoms with E-state index >= 15 is 0 Å². The summed E-state index contributed by atoms with van der Waals surface area (Å²) in [7, 11) is 0. The molecule has 0 bridgehead atoms. The van der Waals surface area contributed by atoms with Crippen molar-refractivity contribution in [1.29, 1.82) is 0 Å². The number of rotatable bonds is 0. The molecule has 0 unspecified atom stereocenters. The number of hydrogen-bond donors (Lipinski definition) is 0. The van der Waals surface area contributed by atoms with Crippen molar-refractivity contribution in [2.45, 2.75) is 0 Å². The van der Waals surface area contributed by atoms with Crippen molar-refractivity contribution in [3.8, 4) is 0 Å². The van der Waals surface area contributed by atoms with Crippen LogP contribution in [0.3, 0.4) is 0 Å². The van der Waals surface area contributed by atoms with E-state index in [0.29, 0.717) is 0 Å². The van der Waals surface area contributed by atoms with Crippen LogP contribution in [-0.4, -0.2) is 89.3 Å². The van der Waals surface area contributed by atoms with Gasteiger partial charge in [0.05, 0.1) is 0 Å². The van der Waals surface area contributed by atoms with Crippen LogP contribution in [0.4, 0.5) is 9.41 Å². The first-order valence-corrected chi connectivity index (χ1v) is 0. The fourth-order valence-corrected chi connectivity index (χ4v) is 0. The Kier molecular flexibility index (Phi) is 459. The number of halogens is 3. The first-order valence-electron chi connectivity index (χ1n) is 0. The van der Waals surface area contributed by atoms with Gasteiger partial charge in [0, 0.05) is 0 Å². The van der Waals surface area contributed by atoms with Gasteiger partial charge in [-0.25, -0.2) is 0 Å². The minimum Gasteiger partial charge on any atom is 0.316 e. The van der Waals surface area contributed by atoms with Crippen LogP contribution in [0.15, 0.2) is 0 Å². The van der Waals surface area contributed by atoms with E-state index in [4.69, 9.17) is 0 Å². The molecular formula is H10AlBaClF2Mg. The summed E-state index contributed by atoms with van der Waals surface area (Å²) in [4.78, 5) is 0. The summed E-state index contributed by atoms with van der Waals surface area (Å²) in [6, 6.07) is 0. The molecule has 0 aliphatic rings. The van der Waals surface area contributed by atoms with Gasteiger partial charge in [-0.3, -0.25) is 9.41 Å². The molecule has 6 heavy (non-hydrogen) atoms. The Morgan fingerprint density at radius 3 is 0.833 bits per heavy atom. The molecule has 0 fully saturated rings. The standard InChI is InChI=1S/Al.Ba.ClH.2FH.Mg.7H/h;;3*1H;;;;;;;;. The molecule has 0 radical (unpaired) electrons. The zero-order valence-corrected chi connectivity index (χ0v) is 2.04. The smallest absolute Gasteiger partial charge is 0.316 e. The first-order chi connectivity index (χ1) is 0. The molecule has 6 heteroatoms. The van der Waals surface area contributed by atoms with E-state index in [1.165, 1.54) is 0 Å². The topological polar surface area (TPSA) is 0 Å². The Balaban J connectivity index is 0. The molecule has 0 heterocycles. The maximum atomic E-state index is 0. The van der Waals surface area contributed by atoms with Crippen molar-refractivity contribution in [1.82, 2.24) is 0 Å². The van der Waals surface area contributed by atoms with Gasteiger partial charge >= 0.3 is 71.9 Å². The molecule has 0 aliphatic heterocycles. The van der Waals surface area contributed by atoms with E-state index < -0.39 is 0 Å². The monoisotopic (exact) mass is 272 g/mol. The largest absolute Gasteiger partial charge is 0.316 e. The molecule has 0 amide bonds. The zero-order valence-electron chi connectivity index (χ0n) is 1.22. The predicted octanol–water partition coefficient (Wildman–Crippen LogP) is -2.29. The summed E-state index contributed by atoms with van der Waals surface area (Å²) in [5.74, 6) is 0. The number of hydrogen-bond acceptors (Lipinski definition) is 0. The van der Waals surface area contributed by atoms with Crippen LogP contribution in [0, 0.1) is 0 Å². The molecule has 0 N–H and O–H groups in total. The van der Waals surface area contributed by atoms with Crippen molar-refractivity contribution >= 4 is 102 Å². The van der Waals surface area contributed by atoms with Gasteiger partial charge in [0.15, 0.2) is 17.4 Å². The molecule has 0 atom stereocenters. The van der Waals surface area contributed by atoms with Gasteiger partial charge in [0.2, 0.25) is 0 Å². The summed E-state index contributed by atoms with van der Waals surface area (Å²) < 4.78 is 0. The Morgan fingerprint density at radius 2 is 0.833 bits per heavy atom. The summed E-state index contributed by atoms with van der Waals surface area (Å²) in [6.07, 6.45) is 0. The molecule has 38 valence electrons. The van der Waals surface area contributed by atoms with Crippen LogP contribution in [0.5, 0.6) is 0 Å². The van der Waals surface area contributed by atoms with E-state index in [1.807, 2.05) is 0 Å². The van der Waals surface area contributed by atoms with E-state index in [-0.39, 0.29) is 111 Å². The third kappa shape index (κ3) is 27.9. The van der Waals surface area contributed by atoms with Crippen molar-refractivity contribution in [3.05, 3.63) is 0 Å². The molecule has 0 aliphatic carbocycles. The van der Waals surface area contributed by atoms with Crippen LogP contribution in [0.1, 0.15) is 0 Å². The summed E-state index contributed by atoms with van der Waals surface area (Å²) in [5.41, 5.74) is 0. The molecule has 0 saturated heterocycles. The van der Waals surface area contributed by atoms with Gasteiger partial charge in [0.25, 0.3) is 0 Å². The van der Waals surface area contributed by atoms with Crippen molar-refractivity contribution in [3.63, 3.8) is 0 Å². The van der Waals surface area contributed by atoms with Crippen molar-refractivity contribution in [2.75, 3.05) is 0 Å². The van der Waals surface area contributed by atoms with Crippen LogP contribution in [-0.2, 0) is 0 Å². The summed E-state index contributed by atoms with van der Waals surface area (Å²) in [6.45, 7) is 0. The minimum atomic E-state index is 0. The zero-order chi connectivity index (χ0) is 0. The van der Waals surface area contributed by atoms with Crippen LogP contribution < -0.4 is 0 Å². The fraction of sp³-hybridized carbons (Fsp3) is 0. The minimum absolute atomic E-state index is 0. The molecule has 0 spiro atoms. The van der Waals surface area contributed by atoms with E-state index in [9.17, 15) is 0 Å². The quantitative estimate of drug-likeness (QED) is 0.436. The van der Waals surface area contributed by atoms with Gasteiger partial charge in [-0.05, 0) is 0 Å². The predicted molar refractivity (Wildman–Crippen MR) is 39.3 cm³/mol. The Labute approximate surface area is 109 Å². The summed E-state index contributed by atoms with van der Waals surface area (Å²) in [5, 5.41) is 0. The normalized spacial score (nSPS) is 0. The maximum Gasteiger partial charge on any atom is 0.316 e. The van der Waals surface area contributed by atoms with Crippen LogP contribution in [0.2, 0.25) is 0 Å². The van der Waals surface area contributed by atoms with Crippen LogP contribution >= 0.6 is 12.4 Å². The Bertz CT molecular complexity index is 13.5. The van der Waals surface area contributed by atoms with Crippen LogP contribution in [0.25, 0.3) is 0 Å². The first kappa shape index (κ1) is 63.6. The second kappa shape index (κ2) is 43.3. The third-order valence-corrected chi connectivity index (χ3v) is 0. The molecule has 0 saturated carbocycles.